The van der Waals surface area contributed by atoms with E-state index in [0.717, 1.165) is 23.4 Å². The lowest BCUT2D eigenvalue weighted by atomic mass is 10.0. The van der Waals surface area contributed by atoms with E-state index in [1.165, 1.54) is 11.8 Å². The topological polar surface area (TPSA) is 44.9 Å². The van der Waals surface area contributed by atoms with E-state index in [9.17, 15) is 0 Å². The van der Waals surface area contributed by atoms with Crippen LogP contribution in [-0.2, 0) is 6.54 Å². The average molecular weight is 238 g/mol. The Kier molecular flexibility index (Phi) is 2.30. The van der Waals surface area contributed by atoms with Gasteiger partial charge in [-0.3, -0.25) is 5.41 Å². The van der Waals surface area contributed by atoms with Crippen molar-refractivity contribution in [1.82, 2.24) is 9.78 Å². The summed E-state index contributed by atoms with van der Waals surface area (Å²) in [5.41, 5.74) is 4.41. The van der Waals surface area contributed by atoms with Crippen LogP contribution >= 0.6 is 0 Å². The number of fused-ring (bicyclic) bond motifs is 3. The number of hydrogen-bond donors (Lipinski definition) is 1. The van der Waals surface area contributed by atoms with E-state index < -0.39 is 0 Å². The van der Waals surface area contributed by atoms with Gasteiger partial charge in [0.25, 0.3) is 0 Å². The molecule has 0 unspecified atom stereocenters. The van der Waals surface area contributed by atoms with E-state index in [1.54, 1.807) is 4.68 Å². The van der Waals surface area contributed by atoms with E-state index in [0.29, 0.717) is 5.84 Å². The SMILES string of the molecule is C=CC(=N)n1cc2c(n1)-c1ccccc1N(C)C2. The predicted molar refractivity (Wildman–Crippen MR) is 73.1 cm³/mol. The Hall–Kier alpha value is -2.36. The van der Waals surface area contributed by atoms with Crippen molar-refractivity contribution in [3.63, 3.8) is 0 Å². The van der Waals surface area contributed by atoms with Gasteiger partial charge in [-0.2, -0.15) is 5.10 Å². The summed E-state index contributed by atoms with van der Waals surface area (Å²) in [4.78, 5) is 2.20. The second kappa shape index (κ2) is 3.84. The van der Waals surface area contributed by atoms with E-state index >= 15 is 0 Å². The number of aromatic nitrogens is 2. The molecule has 2 aromatic rings. The maximum absolute atomic E-state index is 7.76. The van der Waals surface area contributed by atoms with Crippen molar-refractivity contribution in [2.24, 2.45) is 0 Å². The molecular weight excluding hydrogens is 224 g/mol. The minimum atomic E-state index is 0.296. The quantitative estimate of drug-likeness (QED) is 0.613. The molecule has 0 fully saturated rings. The second-order valence-electron chi connectivity index (χ2n) is 4.41. The van der Waals surface area contributed by atoms with Crippen LogP contribution in [0.3, 0.4) is 0 Å². The average Bonchev–Trinajstić information content (AvgIpc) is 2.82. The third kappa shape index (κ3) is 1.46. The third-order valence-electron chi connectivity index (χ3n) is 3.21. The minimum Gasteiger partial charge on any atom is -0.370 e. The number of rotatable bonds is 1. The summed E-state index contributed by atoms with van der Waals surface area (Å²) in [7, 11) is 2.07. The van der Waals surface area contributed by atoms with Gasteiger partial charge in [-0.25, -0.2) is 4.68 Å². The van der Waals surface area contributed by atoms with Gasteiger partial charge in [-0.05, 0) is 12.1 Å². The molecule has 0 saturated carbocycles. The molecule has 0 amide bonds. The maximum atomic E-state index is 7.76. The molecule has 0 saturated heterocycles. The number of anilines is 1. The summed E-state index contributed by atoms with van der Waals surface area (Å²) in [6, 6.07) is 8.21. The van der Waals surface area contributed by atoms with Crippen molar-refractivity contribution in [2.45, 2.75) is 6.54 Å². The molecule has 3 rings (SSSR count). The molecule has 1 aliphatic rings. The monoisotopic (exact) mass is 238 g/mol. The van der Waals surface area contributed by atoms with Crippen LogP contribution in [0.4, 0.5) is 5.69 Å². The molecule has 0 aliphatic carbocycles. The highest BCUT2D eigenvalue weighted by Crippen LogP contribution is 2.36. The Morgan fingerprint density at radius 2 is 2.22 bits per heavy atom. The number of benzene rings is 1. The predicted octanol–water partition coefficient (Wildman–Crippen LogP) is 2.51. The zero-order valence-corrected chi connectivity index (χ0v) is 10.2. The minimum absolute atomic E-state index is 0.296. The highest BCUT2D eigenvalue weighted by atomic mass is 15.3. The summed E-state index contributed by atoms with van der Waals surface area (Å²) < 4.78 is 1.58. The van der Waals surface area contributed by atoms with Crippen LogP contribution in [0.15, 0.2) is 43.1 Å². The molecule has 4 heteroatoms. The summed E-state index contributed by atoms with van der Waals surface area (Å²) in [5.74, 6) is 0.296. The Balaban J connectivity index is 2.19. The molecule has 2 heterocycles. The fourth-order valence-electron chi connectivity index (χ4n) is 2.32. The molecule has 1 aliphatic heterocycles. The van der Waals surface area contributed by atoms with Gasteiger partial charge in [0.15, 0.2) is 0 Å². The van der Waals surface area contributed by atoms with E-state index in [1.807, 2.05) is 18.3 Å². The van der Waals surface area contributed by atoms with Crippen LogP contribution < -0.4 is 4.90 Å². The van der Waals surface area contributed by atoms with Crippen LogP contribution in [-0.4, -0.2) is 22.7 Å². The lowest BCUT2D eigenvalue weighted by Crippen LogP contribution is -2.20. The second-order valence-corrected chi connectivity index (χ2v) is 4.41. The molecule has 0 radical (unpaired) electrons. The van der Waals surface area contributed by atoms with Gasteiger partial charge >= 0.3 is 0 Å². The van der Waals surface area contributed by atoms with Gasteiger partial charge in [-0.1, -0.05) is 24.8 Å². The van der Waals surface area contributed by atoms with Crippen molar-refractivity contribution in [3.05, 3.63) is 48.7 Å². The summed E-state index contributed by atoms with van der Waals surface area (Å²) in [6.07, 6.45) is 3.40. The molecule has 90 valence electrons. The van der Waals surface area contributed by atoms with Crippen LogP contribution in [0.1, 0.15) is 5.56 Å². The van der Waals surface area contributed by atoms with Crippen molar-refractivity contribution in [1.29, 1.82) is 5.41 Å². The van der Waals surface area contributed by atoms with Gasteiger partial charge in [0.1, 0.15) is 5.84 Å². The molecule has 0 bridgehead atoms. The van der Waals surface area contributed by atoms with Gasteiger partial charge in [0, 0.05) is 36.6 Å². The van der Waals surface area contributed by atoms with Crippen molar-refractivity contribution < 1.29 is 0 Å². The number of hydrogen-bond acceptors (Lipinski definition) is 3. The summed E-state index contributed by atoms with van der Waals surface area (Å²) in [5, 5.41) is 12.3. The van der Waals surface area contributed by atoms with Crippen LogP contribution in [0.5, 0.6) is 0 Å². The van der Waals surface area contributed by atoms with E-state index in [-0.39, 0.29) is 0 Å². The first-order valence-electron chi connectivity index (χ1n) is 5.81. The van der Waals surface area contributed by atoms with Gasteiger partial charge in [0.2, 0.25) is 0 Å². The van der Waals surface area contributed by atoms with Crippen LogP contribution in [0.25, 0.3) is 11.3 Å². The van der Waals surface area contributed by atoms with E-state index in [4.69, 9.17) is 5.41 Å². The van der Waals surface area contributed by atoms with Crippen molar-refractivity contribution in [3.8, 4) is 11.3 Å². The first-order valence-corrected chi connectivity index (χ1v) is 5.81. The summed E-state index contributed by atoms with van der Waals surface area (Å²) >= 11 is 0. The van der Waals surface area contributed by atoms with Gasteiger partial charge in [-0.15, -0.1) is 0 Å². The smallest absolute Gasteiger partial charge is 0.145 e. The highest BCUT2D eigenvalue weighted by Gasteiger charge is 2.22. The zero-order chi connectivity index (χ0) is 12.7. The molecule has 0 atom stereocenters. The molecule has 1 aromatic heterocycles. The number of allylic oxidation sites excluding steroid dienone is 1. The maximum Gasteiger partial charge on any atom is 0.145 e. The van der Waals surface area contributed by atoms with Crippen molar-refractivity contribution in [2.75, 3.05) is 11.9 Å². The molecule has 0 spiro atoms. The fourth-order valence-corrected chi connectivity index (χ4v) is 2.32. The molecule has 1 aromatic carbocycles. The first kappa shape index (κ1) is 10.8. The largest absolute Gasteiger partial charge is 0.370 e. The van der Waals surface area contributed by atoms with Crippen LogP contribution in [0.2, 0.25) is 0 Å². The molecule has 4 nitrogen and oxygen atoms in total. The van der Waals surface area contributed by atoms with Crippen LogP contribution in [0, 0.1) is 5.41 Å². The lowest BCUT2D eigenvalue weighted by molar-refractivity contribution is 0.911. The Morgan fingerprint density at radius 1 is 1.44 bits per heavy atom. The Morgan fingerprint density at radius 3 is 3.00 bits per heavy atom. The standard InChI is InChI=1S/C14H14N4/c1-3-13(15)18-9-10-8-17(2)12-7-5-4-6-11(12)14(10)16-18/h3-7,9,15H,1,8H2,2H3. The Bertz CT molecular complexity index is 639. The third-order valence-corrected chi connectivity index (χ3v) is 3.21. The van der Waals surface area contributed by atoms with Gasteiger partial charge in [0.05, 0.1) is 5.69 Å². The Labute approximate surface area is 106 Å². The normalized spacial score (nSPS) is 12.8. The zero-order valence-electron chi connectivity index (χ0n) is 10.2. The lowest BCUT2D eigenvalue weighted by Gasteiger charge is -2.26. The van der Waals surface area contributed by atoms with Gasteiger partial charge < -0.3 is 4.90 Å². The molecule has 1 N–H and O–H groups in total. The number of nitrogens with zero attached hydrogens (tertiary/aromatic N) is 3. The highest BCUT2D eigenvalue weighted by molar-refractivity contribution is 5.92. The first-order chi connectivity index (χ1) is 8.70. The van der Waals surface area contributed by atoms with E-state index in [2.05, 4.69) is 35.8 Å². The molecular formula is C14H14N4. The molecule has 18 heavy (non-hydrogen) atoms. The van der Waals surface area contributed by atoms with Crippen molar-refractivity contribution >= 4 is 11.5 Å². The summed E-state index contributed by atoms with van der Waals surface area (Å²) in [6.45, 7) is 4.42. The number of para-hydroxylation sites is 1. The fraction of sp³-hybridized carbons (Fsp3) is 0.143. The number of nitrogens with one attached hydrogen (secondary N) is 1.